The predicted octanol–water partition coefficient (Wildman–Crippen LogP) is 3.95. The summed E-state index contributed by atoms with van der Waals surface area (Å²) in [4.78, 5) is 27.6. The zero-order chi connectivity index (χ0) is 19.1. The van der Waals surface area contributed by atoms with E-state index in [4.69, 9.17) is 0 Å². The van der Waals surface area contributed by atoms with Crippen LogP contribution in [-0.4, -0.2) is 29.7 Å². The van der Waals surface area contributed by atoms with Gasteiger partial charge in [0.15, 0.2) is 5.78 Å². The van der Waals surface area contributed by atoms with E-state index in [9.17, 15) is 14.7 Å². The molecule has 0 aliphatic carbocycles. The Balaban J connectivity index is 2.63. The highest BCUT2D eigenvalue weighted by Gasteiger charge is 2.14. The van der Waals surface area contributed by atoms with Gasteiger partial charge in [-0.1, -0.05) is 36.4 Å². The summed E-state index contributed by atoms with van der Waals surface area (Å²) >= 11 is 0. The van der Waals surface area contributed by atoms with Crippen molar-refractivity contribution in [1.29, 1.82) is 0 Å². The molecule has 1 aliphatic heterocycles. The molecule has 5 nitrogen and oxygen atoms in total. The molecular formula is C21H21NO4. The fraction of sp³-hybridized carbons (Fsp3) is 0.190. The third-order valence-corrected chi connectivity index (χ3v) is 3.84. The number of ether oxygens (including phenoxy) is 1. The van der Waals surface area contributed by atoms with Gasteiger partial charge in [-0.05, 0) is 35.8 Å². The molecule has 0 atom stereocenters. The summed E-state index contributed by atoms with van der Waals surface area (Å²) in [5, 5.41) is 10.3. The van der Waals surface area contributed by atoms with Gasteiger partial charge in [-0.15, -0.1) is 0 Å². The molecule has 1 heterocycles. The smallest absolute Gasteiger partial charge is 0.330 e. The molecule has 0 radical (unpaired) electrons. The Labute approximate surface area is 152 Å². The summed E-state index contributed by atoms with van der Waals surface area (Å²) in [5.41, 5.74) is 2.96. The number of nitrogens with zero attached hydrogens (tertiary/aromatic N) is 1. The highest BCUT2D eigenvalue weighted by atomic mass is 16.5. The van der Waals surface area contributed by atoms with E-state index in [2.05, 4.69) is 9.73 Å². The number of hydrogen-bond donors (Lipinski definition) is 1. The number of esters is 1. The van der Waals surface area contributed by atoms with Gasteiger partial charge in [-0.2, -0.15) is 0 Å². The molecule has 0 fully saturated rings. The van der Waals surface area contributed by atoms with E-state index < -0.39 is 5.97 Å². The lowest BCUT2D eigenvalue weighted by molar-refractivity contribution is -0.134. The van der Waals surface area contributed by atoms with E-state index in [1.54, 1.807) is 13.0 Å². The number of aliphatic hydroxyl groups excluding tert-OH is 1. The molecule has 26 heavy (non-hydrogen) atoms. The molecule has 0 saturated carbocycles. The molecule has 0 spiro atoms. The SMILES string of the molecule is COC(=O)/C=C/C1=C/C(c2ccccc2)=CC\C(O)=C(C(C)=O)\N=C\1C. The fourth-order valence-corrected chi connectivity index (χ4v) is 2.44. The van der Waals surface area contributed by atoms with E-state index in [1.165, 1.54) is 20.1 Å². The first-order chi connectivity index (χ1) is 12.4. The Morgan fingerprint density at radius 3 is 2.54 bits per heavy atom. The molecule has 1 aromatic carbocycles. The summed E-state index contributed by atoms with van der Waals surface area (Å²) in [5.74, 6) is -0.902. The summed E-state index contributed by atoms with van der Waals surface area (Å²) in [6.45, 7) is 3.08. The molecule has 0 unspecified atom stereocenters. The van der Waals surface area contributed by atoms with Gasteiger partial charge in [0, 0.05) is 25.1 Å². The standard InChI is InChI=1S/C21H21NO4/c1-14-17(10-12-20(25)26-3)13-18(16-7-5-4-6-8-16)9-11-19(24)21(22-14)15(2)23/h4-10,12-13,24H,11H2,1-3H3/b12-10+,17-13-,18-9?,21-19-,22-14+. The first-order valence-corrected chi connectivity index (χ1v) is 8.14. The number of benzene rings is 1. The van der Waals surface area contributed by atoms with Gasteiger partial charge >= 0.3 is 5.97 Å². The van der Waals surface area contributed by atoms with Gasteiger partial charge in [-0.3, -0.25) is 4.79 Å². The number of carbonyl (C=O) groups excluding carboxylic acids is 2. The Bertz CT molecular complexity index is 855. The largest absolute Gasteiger partial charge is 0.510 e. The van der Waals surface area contributed by atoms with Crippen LogP contribution in [0.5, 0.6) is 0 Å². The summed E-state index contributed by atoms with van der Waals surface area (Å²) in [6.07, 6.45) is 6.75. The van der Waals surface area contributed by atoms with E-state index in [-0.39, 0.29) is 23.7 Å². The van der Waals surface area contributed by atoms with Crippen LogP contribution in [0.25, 0.3) is 5.57 Å². The third-order valence-electron chi connectivity index (χ3n) is 3.84. The fourth-order valence-electron chi connectivity index (χ4n) is 2.44. The lowest BCUT2D eigenvalue weighted by atomic mass is 10.00. The second kappa shape index (κ2) is 8.76. The zero-order valence-corrected chi connectivity index (χ0v) is 15.0. The summed E-state index contributed by atoms with van der Waals surface area (Å²) in [6, 6.07) is 9.64. The predicted molar refractivity (Wildman–Crippen MR) is 102 cm³/mol. The van der Waals surface area contributed by atoms with Crippen LogP contribution in [-0.2, 0) is 14.3 Å². The number of ketones is 1. The molecular weight excluding hydrogens is 330 g/mol. The minimum Gasteiger partial charge on any atom is -0.510 e. The Morgan fingerprint density at radius 2 is 1.92 bits per heavy atom. The number of rotatable bonds is 4. The number of allylic oxidation sites excluding steroid dienone is 6. The first kappa shape index (κ1) is 19.1. The molecule has 0 bridgehead atoms. The Morgan fingerprint density at radius 1 is 1.23 bits per heavy atom. The molecule has 1 aliphatic rings. The minimum atomic E-state index is -0.492. The molecule has 134 valence electrons. The van der Waals surface area contributed by atoms with Gasteiger partial charge in [-0.25, -0.2) is 9.79 Å². The van der Waals surface area contributed by atoms with Crippen molar-refractivity contribution < 1.29 is 19.4 Å². The van der Waals surface area contributed by atoms with Gasteiger partial charge in [0.2, 0.25) is 0 Å². The monoisotopic (exact) mass is 351 g/mol. The van der Waals surface area contributed by atoms with Crippen LogP contribution in [0.15, 0.2) is 76.7 Å². The number of Topliss-reactive ketones (excluding diaryl/α,β-unsaturated/α-hetero) is 1. The van der Waals surface area contributed by atoms with Crippen molar-refractivity contribution in [2.75, 3.05) is 7.11 Å². The number of carbonyl (C=O) groups is 2. The van der Waals surface area contributed by atoms with Crippen LogP contribution < -0.4 is 0 Å². The van der Waals surface area contributed by atoms with Crippen molar-refractivity contribution in [3.8, 4) is 0 Å². The average Bonchev–Trinajstić information content (AvgIpc) is 2.70. The number of hydrogen-bond acceptors (Lipinski definition) is 5. The first-order valence-electron chi connectivity index (χ1n) is 8.14. The van der Waals surface area contributed by atoms with Gasteiger partial charge in [0.1, 0.15) is 11.5 Å². The van der Waals surface area contributed by atoms with Crippen LogP contribution in [0.4, 0.5) is 0 Å². The summed E-state index contributed by atoms with van der Waals surface area (Å²) < 4.78 is 4.63. The highest BCUT2D eigenvalue weighted by Crippen LogP contribution is 2.24. The lowest BCUT2D eigenvalue weighted by Crippen LogP contribution is -2.04. The third kappa shape index (κ3) is 4.89. The second-order valence-electron chi connectivity index (χ2n) is 5.73. The van der Waals surface area contributed by atoms with Crippen molar-refractivity contribution in [1.82, 2.24) is 0 Å². The maximum absolute atomic E-state index is 11.8. The molecule has 5 heteroatoms. The lowest BCUT2D eigenvalue weighted by Gasteiger charge is -2.06. The topological polar surface area (TPSA) is 76.0 Å². The number of methoxy groups -OCH3 is 1. The normalized spacial score (nSPS) is 22.2. The highest BCUT2D eigenvalue weighted by molar-refractivity contribution is 6.07. The van der Waals surface area contributed by atoms with Crippen molar-refractivity contribution in [2.45, 2.75) is 20.3 Å². The quantitative estimate of drug-likeness (QED) is 0.658. The zero-order valence-electron chi connectivity index (χ0n) is 15.0. The van der Waals surface area contributed by atoms with Crippen molar-refractivity contribution in [3.05, 3.63) is 77.2 Å². The number of aliphatic hydroxyl groups is 1. The van der Waals surface area contributed by atoms with Crippen molar-refractivity contribution in [3.63, 3.8) is 0 Å². The minimum absolute atomic E-state index is 0.0189. The maximum Gasteiger partial charge on any atom is 0.330 e. The molecule has 0 amide bonds. The van der Waals surface area contributed by atoms with Gasteiger partial charge < -0.3 is 9.84 Å². The van der Waals surface area contributed by atoms with Crippen LogP contribution in [0, 0.1) is 0 Å². The maximum atomic E-state index is 11.8. The van der Waals surface area contributed by atoms with Crippen LogP contribution in [0.1, 0.15) is 25.8 Å². The van der Waals surface area contributed by atoms with E-state index in [1.807, 2.05) is 42.5 Å². The second-order valence-corrected chi connectivity index (χ2v) is 5.73. The summed E-state index contributed by atoms with van der Waals surface area (Å²) in [7, 11) is 1.30. The molecule has 0 saturated heterocycles. The molecule has 0 aromatic heterocycles. The van der Waals surface area contributed by atoms with Crippen LogP contribution in [0.2, 0.25) is 0 Å². The molecule has 1 aromatic rings. The van der Waals surface area contributed by atoms with Crippen molar-refractivity contribution in [2.24, 2.45) is 4.99 Å². The van der Waals surface area contributed by atoms with Crippen LogP contribution in [0.3, 0.4) is 0 Å². The molecule has 2 rings (SSSR count). The number of aliphatic imine (C=N–C) groups is 1. The van der Waals surface area contributed by atoms with E-state index in [0.29, 0.717) is 11.3 Å². The molecule has 1 N–H and O–H groups in total. The van der Waals surface area contributed by atoms with E-state index >= 15 is 0 Å². The van der Waals surface area contributed by atoms with Gasteiger partial charge in [0.05, 0.1) is 7.11 Å². The van der Waals surface area contributed by atoms with Crippen molar-refractivity contribution >= 4 is 23.0 Å². The van der Waals surface area contributed by atoms with Gasteiger partial charge in [0.25, 0.3) is 0 Å². The Kier molecular flexibility index (Phi) is 6.44. The average molecular weight is 351 g/mol. The van der Waals surface area contributed by atoms with Crippen LogP contribution >= 0.6 is 0 Å². The Hall–Kier alpha value is -3.21. The van der Waals surface area contributed by atoms with E-state index in [0.717, 1.165) is 11.1 Å².